The van der Waals surface area contributed by atoms with Crippen LogP contribution in [-0.2, 0) is 27.3 Å². The Bertz CT molecular complexity index is 603. The summed E-state index contributed by atoms with van der Waals surface area (Å²) in [4.78, 5) is 36.0. The Labute approximate surface area is 134 Å². The molecule has 0 aromatic heterocycles. The molecule has 0 spiro atoms. The van der Waals surface area contributed by atoms with Crippen LogP contribution in [0.2, 0.25) is 0 Å². The van der Waals surface area contributed by atoms with Gasteiger partial charge < -0.3 is 15.7 Å². The number of hydrogen-bond donors (Lipinski definition) is 3. The van der Waals surface area contributed by atoms with Gasteiger partial charge >= 0.3 is 5.97 Å². The molecule has 0 bridgehead atoms. The molecule has 2 amide bonds. The third kappa shape index (κ3) is 4.79. The lowest BCUT2D eigenvalue weighted by Gasteiger charge is -2.33. The zero-order valence-electron chi connectivity index (χ0n) is 13.0. The van der Waals surface area contributed by atoms with E-state index >= 15 is 0 Å². The molecule has 0 saturated carbocycles. The van der Waals surface area contributed by atoms with Crippen LogP contribution in [0.3, 0.4) is 0 Å². The van der Waals surface area contributed by atoms with E-state index in [2.05, 4.69) is 16.7 Å². The topological polar surface area (TPSA) is 98.7 Å². The molecule has 0 saturated heterocycles. The molecule has 0 aliphatic carbocycles. The fourth-order valence-corrected chi connectivity index (χ4v) is 2.63. The van der Waals surface area contributed by atoms with Gasteiger partial charge in [0.15, 0.2) is 0 Å². The van der Waals surface area contributed by atoms with Crippen molar-refractivity contribution in [2.45, 2.75) is 25.4 Å². The summed E-state index contributed by atoms with van der Waals surface area (Å²) in [6.45, 7) is 0.499. The lowest BCUT2D eigenvalue weighted by molar-refractivity contribution is -0.138. The second-order valence-corrected chi connectivity index (χ2v) is 5.62. The van der Waals surface area contributed by atoms with Crippen LogP contribution in [0.15, 0.2) is 24.3 Å². The molecule has 1 aliphatic rings. The molecule has 23 heavy (non-hydrogen) atoms. The van der Waals surface area contributed by atoms with Gasteiger partial charge in [0.05, 0.1) is 6.04 Å². The van der Waals surface area contributed by atoms with E-state index < -0.39 is 18.4 Å². The van der Waals surface area contributed by atoms with Gasteiger partial charge in [-0.1, -0.05) is 24.3 Å². The van der Waals surface area contributed by atoms with E-state index in [0.29, 0.717) is 13.0 Å². The average molecular weight is 319 g/mol. The summed E-state index contributed by atoms with van der Waals surface area (Å²) < 4.78 is 0. The third-order valence-corrected chi connectivity index (χ3v) is 3.87. The van der Waals surface area contributed by atoms with Crippen LogP contribution >= 0.6 is 0 Å². The first kappa shape index (κ1) is 17.0. The summed E-state index contributed by atoms with van der Waals surface area (Å²) in [5.41, 5.74) is 2.40. The molecule has 7 nitrogen and oxygen atoms in total. The van der Waals surface area contributed by atoms with Gasteiger partial charge in [-0.3, -0.25) is 19.3 Å². The van der Waals surface area contributed by atoms with Gasteiger partial charge in [0.2, 0.25) is 11.8 Å². The van der Waals surface area contributed by atoms with Crippen LogP contribution in [0.5, 0.6) is 0 Å². The molecular weight excluding hydrogens is 298 g/mol. The Balaban J connectivity index is 1.80. The van der Waals surface area contributed by atoms with Crippen LogP contribution in [0, 0.1) is 0 Å². The molecular formula is C16H21N3O4. The Morgan fingerprint density at radius 2 is 1.91 bits per heavy atom. The fourth-order valence-electron chi connectivity index (χ4n) is 2.63. The maximum absolute atomic E-state index is 12.3. The first-order valence-corrected chi connectivity index (χ1v) is 7.50. The number of carbonyl (C=O) groups excluding carboxylic acids is 2. The maximum Gasteiger partial charge on any atom is 0.322 e. The lowest BCUT2D eigenvalue weighted by atomic mass is 9.94. The Kier molecular flexibility index (Phi) is 5.70. The predicted molar refractivity (Wildman–Crippen MR) is 83.7 cm³/mol. The number of benzene rings is 1. The summed E-state index contributed by atoms with van der Waals surface area (Å²) in [5.74, 6) is -1.60. The van der Waals surface area contributed by atoms with Gasteiger partial charge in [0, 0.05) is 19.5 Å². The summed E-state index contributed by atoms with van der Waals surface area (Å²) in [6.07, 6.45) is 0.704. The van der Waals surface area contributed by atoms with Crippen LogP contribution in [0.1, 0.15) is 17.5 Å². The van der Waals surface area contributed by atoms with Gasteiger partial charge in [-0.05, 0) is 24.6 Å². The molecule has 1 aliphatic heterocycles. The third-order valence-electron chi connectivity index (χ3n) is 3.87. The molecule has 0 radical (unpaired) electrons. The predicted octanol–water partition coefficient (Wildman–Crippen LogP) is -0.250. The number of amides is 2. The van der Waals surface area contributed by atoms with Crippen molar-refractivity contribution in [3.05, 3.63) is 35.4 Å². The molecule has 1 aromatic rings. The summed E-state index contributed by atoms with van der Waals surface area (Å²) in [7, 11) is 1.90. The average Bonchev–Trinajstić information content (AvgIpc) is 2.52. The van der Waals surface area contributed by atoms with Crippen molar-refractivity contribution in [2.75, 3.05) is 20.1 Å². The molecule has 124 valence electrons. The highest BCUT2D eigenvalue weighted by atomic mass is 16.4. The number of hydrogen-bond acceptors (Lipinski definition) is 4. The molecule has 2 rings (SSSR count). The highest BCUT2D eigenvalue weighted by molar-refractivity contribution is 5.84. The van der Waals surface area contributed by atoms with Crippen molar-refractivity contribution >= 4 is 17.8 Å². The van der Waals surface area contributed by atoms with Gasteiger partial charge in [-0.2, -0.15) is 0 Å². The SMILES string of the molecule is CN1Cc2ccccc2C[C@H]1C(=O)NCCC(=O)NCC(=O)O. The highest BCUT2D eigenvalue weighted by Crippen LogP contribution is 2.21. The Morgan fingerprint density at radius 3 is 2.61 bits per heavy atom. The standard InChI is InChI=1S/C16H21N3O4/c1-19-10-12-5-3-2-4-11(12)8-13(19)16(23)17-7-6-14(20)18-9-15(21)22/h2-5,13H,6-10H2,1H3,(H,17,23)(H,18,20)(H,21,22)/t13-/m0/s1. The number of carboxylic acid groups (broad SMARTS) is 1. The van der Waals surface area contributed by atoms with Gasteiger partial charge in [-0.25, -0.2) is 0 Å². The second-order valence-electron chi connectivity index (χ2n) is 5.62. The molecule has 1 atom stereocenters. The van der Waals surface area contributed by atoms with Crippen LogP contribution in [-0.4, -0.2) is 54.0 Å². The minimum Gasteiger partial charge on any atom is -0.480 e. The summed E-state index contributed by atoms with van der Waals surface area (Å²) in [6, 6.07) is 7.79. The van der Waals surface area contributed by atoms with Crippen molar-refractivity contribution in [1.82, 2.24) is 15.5 Å². The largest absolute Gasteiger partial charge is 0.480 e. The minimum absolute atomic E-state index is 0.0615. The molecule has 0 fully saturated rings. The van der Waals surface area contributed by atoms with Crippen LogP contribution in [0.4, 0.5) is 0 Å². The first-order valence-electron chi connectivity index (χ1n) is 7.50. The first-order chi connectivity index (χ1) is 11.0. The van der Waals surface area contributed by atoms with E-state index in [1.165, 1.54) is 11.1 Å². The zero-order chi connectivity index (χ0) is 16.8. The smallest absolute Gasteiger partial charge is 0.322 e. The van der Waals surface area contributed by atoms with Crippen molar-refractivity contribution in [1.29, 1.82) is 0 Å². The zero-order valence-corrected chi connectivity index (χ0v) is 13.0. The number of fused-ring (bicyclic) bond motifs is 1. The minimum atomic E-state index is -1.09. The Hall–Kier alpha value is -2.41. The monoisotopic (exact) mass is 319 g/mol. The van der Waals surface area contributed by atoms with Crippen molar-refractivity contribution in [2.24, 2.45) is 0 Å². The number of rotatable bonds is 6. The quantitative estimate of drug-likeness (QED) is 0.671. The van der Waals surface area contributed by atoms with E-state index in [1.54, 1.807) is 0 Å². The van der Waals surface area contributed by atoms with Crippen LogP contribution < -0.4 is 10.6 Å². The molecule has 7 heteroatoms. The van der Waals surface area contributed by atoms with Crippen molar-refractivity contribution in [3.63, 3.8) is 0 Å². The molecule has 0 unspecified atom stereocenters. The van der Waals surface area contributed by atoms with E-state index in [9.17, 15) is 14.4 Å². The molecule has 1 aromatic carbocycles. The van der Waals surface area contributed by atoms with Gasteiger partial charge in [0.1, 0.15) is 6.54 Å². The van der Waals surface area contributed by atoms with E-state index in [0.717, 1.165) is 0 Å². The van der Waals surface area contributed by atoms with Gasteiger partial charge in [0.25, 0.3) is 0 Å². The number of carboxylic acids is 1. The van der Waals surface area contributed by atoms with E-state index in [4.69, 9.17) is 5.11 Å². The van der Waals surface area contributed by atoms with E-state index in [1.807, 2.05) is 30.1 Å². The number of aliphatic carboxylic acids is 1. The normalized spacial score (nSPS) is 17.2. The summed E-state index contributed by atoms with van der Waals surface area (Å²) in [5, 5.41) is 13.5. The molecule has 1 heterocycles. The van der Waals surface area contributed by atoms with Crippen LogP contribution in [0.25, 0.3) is 0 Å². The van der Waals surface area contributed by atoms with Gasteiger partial charge in [-0.15, -0.1) is 0 Å². The number of nitrogens with zero attached hydrogens (tertiary/aromatic N) is 1. The number of nitrogens with one attached hydrogen (secondary N) is 2. The summed E-state index contributed by atoms with van der Waals surface area (Å²) >= 11 is 0. The Morgan fingerprint density at radius 1 is 1.22 bits per heavy atom. The second kappa shape index (κ2) is 7.73. The fraction of sp³-hybridized carbons (Fsp3) is 0.438. The van der Waals surface area contributed by atoms with E-state index in [-0.39, 0.29) is 24.9 Å². The molecule has 3 N–H and O–H groups in total. The van der Waals surface area contributed by atoms with Crippen molar-refractivity contribution in [3.8, 4) is 0 Å². The number of carbonyl (C=O) groups is 3. The highest BCUT2D eigenvalue weighted by Gasteiger charge is 2.28. The van der Waals surface area contributed by atoms with Crippen molar-refractivity contribution < 1.29 is 19.5 Å². The maximum atomic E-state index is 12.3. The lowest BCUT2D eigenvalue weighted by Crippen LogP contribution is -2.49. The number of likely N-dealkylation sites (N-methyl/N-ethyl adjacent to an activating group) is 1.